The van der Waals surface area contributed by atoms with Crippen LogP contribution in [0.2, 0.25) is 0 Å². The van der Waals surface area contributed by atoms with Crippen molar-refractivity contribution >= 4 is 23.0 Å². The van der Waals surface area contributed by atoms with Crippen LogP contribution in [0.4, 0.5) is 0 Å². The molecule has 1 aromatic carbocycles. The lowest BCUT2D eigenvalue weighted by Gasteiger charge is -2.26. The second-order valence-electron chi connectivity index (χ2n) is 6.67. The Morgan fingerprint density at radius 3 is 2.56 bits per heavy atom. The fourth-order valence-corrected chi connectivity index (χ4v) is 4.16. The van der Waals surface area contributed by atoms with Gasteiger partial charge >= 0.3 is 0 Å². The van der Waals surface area contributed by atoms with Gasteiger partial charge in [0, 0.05) is 23.4 Å². The van der Waals surface area contributed by atoms with E-state index in [2.05, 4.69) is 27.7 Å². The lowest BCUT2D eigenvalue weighted by molar-refractivity contribution is -0.123. The highest BCUT2D eigenvalue weighted by Crippen LogP contribution is 2.27. The first kappa shape index (κ1) is 19.6. The maximum Gasteiger partial charge on any atom is 0.258 e. The first-order chi connectivity index (χ1) is 13.2. The molecule has 1 N–H and O–H groups in total. The SMILES string of the molecule is CCC(=O)c1ccc(OCC(=O)NC[C@H](c2cccs2)N2CCCC2)cc1. The van der Waals surface area contributed by atoms with Gasteiger partial charge in [0.25, 0.3) is 5.91 Å². The lowest BCUT2D eigenvalue weighted by Crippen LogP contribution is -2.38. The Labute approximate surface area is 164 Å². The van der Waals surface area contributed by atoms with Crippen molar-refractivity contribution in [2.45, 2.75) is 32.2 Å². The molecule has 0 spiro atoms. The molecule has 5 nitrogen and oxygen atoms in total. The Hall–Kier alpha value is -2.18. The predicted octanol–water partition coefficient (Wildman–Crippen LogP) is 3.67. The molecule has 0 unspecified atom stereocenters. The fourth-order valence-electron chi connectivity index (χ4n) is 3.30. The average Bonchev–Trinajstić information content (AvgIpc) is 3.41. The first-order valence-electron chi connectivity index (χ1n) is 9.47. The molecule has 6 heteroatoms. The maximum absolute atomic E-state index is 12.2. The number of ketones is 1. The number of hydrogen-bond acceptors (Lipinski definition) is 5. The third-order valence-electron chi connectivity index (χ3n) is 4.81. The van der Waals surface area contributed by atoms with Crippen molar-refractivity contribution in [2.24, 2.45) is 0 Å². The molecule has 0 saturated carbocycles. The molecule has 144 valence electrons. The van der Waals surface area contributed by atoms with E-state index in [-0.39, 0.29) is 24.3 Å². The van der Waals surface area contributed by atoms with Crippen molar-refractivity contribution in [3.05, 3.63) is 52.2 Å². The van der Waals surface area contributed by atoms with Crippen molar-refractivity contribution in [3.63, 3.8) is 0 Å². The average molecular weight is 387 g/mol. The number of amides is 1. The van der Waals surface area contributed by atoms with Crippen LogP contribution in [0.5, 0.6) is 5.75 Å². The zero-order valence-corrected chi connectivity index (χ0v) is 16.5. The van der Waals surface area contributed by atoms with Crippen molar-refractivity contribution < 1.29 is 14.3 Å². The second-order valence-corrected chi connectivity index (χ2v) is 7.65. The van der Waals surface area contributed by atoms with E-state index in [1.54, 1.807) is 35.6 Å². The number of hydrogen-bond donors (Lipinski definition) is 1. The van der Waals surface area contributed by atoms with Gasteiger partial charge in [-0.1, -0.05) is 13.0 Å². The summed E-state index contributed by atoms with van der Waals surface area (Å²) < 4.78 is 5.55. The van der Waals surface area contributed by atoms with Crippen molar-refractivity contribution in [2.75, 3.05) is 26.2 Å². The topological polar surface area (TPSA) is 58.6 Å². The van der Waals surface area contributed by atoms with E-state index in [1.165, 1.54) is 17.7 Å². The standard InChI is InChI=1S/C21H26N2O3S/c1-2-19(24)16-7-9-17(10-8-16)26-15-21(25)22-14-18(20-6-5-13-27-20)23-11-3-4-12-23/h5-10,13,18H,2-4,11-12,14-15H2,1H3,(H,22,25)/t18-/m1/s1. The molecule has 1 atom stereocenters. The van der Waals surface area contributed by atoms with Gasteiger partial charge in [0.2, 0.25) is 0 Å². The second kappa shape index (κ2) is 9.67. The fraction of sp³-hybridized carbons (Fsp3) is 0.429. The van der Waals surface area contributed by atoms with E-state index >= 15 is 0 Å². The Balaban J connectivity index is 1.49. The van der Waals surface area contributed by atoms with Gasteiger partial charge in [-0.2, -0.15) is 0 Å². The van der Waals surface area contributed by atoms with Gasteiger partial charge in [0.1, 0.15) is 5.75 Å². The van der Waals surface area contributed by atoms with Crippen LogP contribution in [0.25, 0.3) is 0 Å². The van der Waals surface area contributed by atoms with Gasteiger partial charge in [-0.3, -0.25) is 14.5 Å². The van der Waals surface area contributed by atoms with Crippen LogP contribution >= 0.6 is 11.3 Å². The molecule has 3 rings (SSSR count). The smallest absolute Gasteiger partial charge is 0.258 e. The van der Waals surface area contributed by atoms with Crippen LogP contribution in [0.15, 0.2) is 41.8 Å². The summed E-state index contributed by atoms with van der Waals surface area (Å²) in [4.78, 5) is 27.6. The van der Waals surface area contributed by atoms with Crippen molar-refractivity contribution in [3.8, 4) is 5.75 Å². The molecular formula is C21H26N2O3S. The first-order valence-corrected chi connectivity index (χ1v) is 10.4. The van der Waals surface area contributed by atoms with Crippen LogP contribution in [-0.2, 0) is 4.79 Å². The molecular weight excluding hydrogens is 360 g/mol. The van der Waals surface area contributed by atoms with E-state index in [9.17, 15) is 9.59 Å². The summed E-state index contributed by atoms with van der Waals surface area (Å²) in [7, 11) is 0. The molecule has 1 fully saturated rings. The third-order valence-corrected chi connectivity index (χ3v) is 5.79. The molecule has 27 heavy (non-hydrogen) atoms. The van der Waals surface area contributed by atoms with Gasteiger partial charge in [0.15, 0.2) is 12.4 Å². The monoisotopic (exact) mass is 386 g/mol. The maximum atomic E-state index is 12.2. The molecule has 1 aliphatic heterocycles. The number of likely N-dealkylation sites (tertiary alicyclic amines) is 1. The number of carbonyl (C=O) groups excluding carboxylic acids is 2. The van der Waals surface area contributed by atoms with Gasteiger partial charge in [-0.15, -0.1) is 11.3 Å². The number of thiophene rings is 1. The number of ether oxygens (including phenoxy) is 1. The number of benzene rings is 1. The van der Waals surface area contributed by atoms with Gasteiger partial charge in [0.05, 0.1) is 6.04 Å². The third kappa shape index (κ3) is 5.40. The summed E-state index contributed by atoms with van der Waals surface area (Å²) in [5.74, 6) is 0.553. The van der Waals surface area contributed by atoms with Crippen molar-refractivity contribution in [1.82, 2.24) is 10.2 Å². The van der Waals surface area contributed by atoms with E-state index in [1.807, 2.05) is 6.92 Å². The molecule has 0 radical (unpaired) electrons. The zero-order valence-electron chi connectivity index (χ0n) is 15.6. The molecule has 1 saturated heterocycles. The van der Waals surface area contributed by atoms with Gasteiger partial charge in [-0.25, -0.2) is 0 Å². The predicted molar refractivity (Wildman–Crippen MR) is 107 cm³/mol. The minimum Gasteiger partial charge on any atom is -0.484 e. The highest BCUT2D eigenvalue weighted by molar-refractivity contribution is 7.10. The molecule has 0 bridgehead atoms. The Bertz CT molecular complexity index is 737. The lowest BCUT2D eigenvalue weighted by atomic mass is 10.1. The summed E-state index contributed by atoms with van der Waals surface area (Å²) in [5.41, 5.74) is 0.665. The Morgan fingerprint density at radius 1 is 1.19 bits per heavy atom. The summed E-state index contributed by atoms with van der Waals surface area (Å²) in [6.07, 6.45) is 2.91. The summed E-state index contributed by atoms with van der Waals surface area (Å²) in [6.45, 7) is 4.56. The van der Waals surface area contributed by atoms with E-state index in [4.69, 9.17) is 4.74 Å². The number of rotatable bonds is 9. The van der Waals surface area contributed by atoms with Crippen LogP contribution in [0, 0.1) is 0 Å². The molecule has 1 amide bonds. The quantitative estimate of drug-likeness (QED) is 0.668. The van der Waals surface area contributed by atoms with Crippen molar-refractivity contribution in [1.29, 1.82) is 0 Å². The molecule has 0 aliphatic carbocycles. The zero-order chi connectivity index (χ0) is 19.1. The van der Waals surface area contributed by atoms with Gasteiger partial charge in [-0.05, 0) is 61.6 Å². The molecule has 1 aromatic heterocycles. The number of Topliss-reactive ketones (excluding diaryl/α,β-unsaturated/α-hetero) is 1. The van der Waals surface area contributed by atoms with Crippen LogP contribution < -0.4 is 10.1 Å². The molecule has 2 heterocycles. The number of nitrogens with zero attached hydrogens (tertiary/aromatic N) is 1. The molecule has 2 aromatic rings. The van der Waals surface area contributed by atoms with E-state index < -0.39 is 0 Å². The normalized spacial score (nSPS) is 15.4. The highest BCUT2D eigenvalue weighted by atomic mass is 32.1. The van der Waals surface area contributed by atoms with E-state index in [0.29, 0.717) is 24.3 Å². The van der Waals surface area contributed by atoms with Crippen LogP contribution in [-0.4, -0.2) is 42.8 Å². The summed E-state index contributed by atoms with van der Waals surface area (Å²) in [6, 6.07) is 11.4. The summed E-state index contributed by atoms with van der Waals surface area (Å²) in [5, 5.41) is 5.08. The summed E-state index contributed by atoms with van der Waals surface area (Å²) >= 11 is 1.73. The van der Waals surface area contributed by atoms with E-state index in [0.717, 1.165) is 13.1 Å². The molecule has 1 aliphatic rings. The Morgan fingerprint density at radius 2 is 1.93 bits per heavy atom. The highest BCUT2D eigenvalue weighted by Gasteiger charge is 2.24. The van der Waals surface area contributed by atoms with Crippen LogP contribution in [0.3, 0.4) is 0 Å². The number of carbonyl (C=O) groups is 2. The Kier molecular flexibility index (Phi) is 7.01. The largest absolute Gasteiger partial charge is 0.484 e. The van der Waals surface area contributed by atoms with Gasteiger partial charge < -0.3 is 10.1 Å². The number of nitrogens with one attached hydrogen (secondary N) is 1. The van der Waals surface area contributed by atoms with Crippen LogP contribution in [0.1, 0.15) is 47.5 Å². The minimum absolute atomic E-state index is 0.0295. The minimum atomic E-state index is -0.135.